The van der Waals surface area contributed by atoms with Crippen molar-refractivity contribution in [3.63, 3.8) is 0 Å². The van der Waals surface area contributed by atoms with Crippen LogP contribution < -0.4 is 14.8 Å². The van der Waals surface area contributed by atoms with Crippen LogP contribution in [0.1, 0.15) is 19.8 Å². The fourth-order valence-corrected chi connectivity index (χ4v) is 2.38. The molecular weight excluding hydrogens is 268 g/mol. The summed E-state index contributed by atoms with van der Waals surface area (Å²) in [5.74, 6) is 1.69. The molecule has 1 heterocycles. The van der Waals surface area contributed by atoms with Gasteiger partial charge in [-0.3, -0.25) is 4.79 Å². The number of ether oxygens (including phenoxy) is 2. The summed E-state index contributed by atoms with van der Waals surface area (Å²) in [5, 5.41) is 3.01. The van der Waals surface area contributed by atoms with Gasteiger partial charge in [0.15, 0.2) is 17.6 Å². The summed E-state index contributed by atoms with van der Waals surface area (Å²) in [7, 11) is 1.85. The first-order valence-electron chi connectivity index (χ1n) is 7.55. The Balaban J connectivity index is 1.93. The normalized spacial score (nSPS) is 16.6. The van der Waals surface area contributed by atoms with Gasteiger partial charge in [-0.15, -0.1) is 0 Å². The SMILES string of the molecule is CCCN(CC1COc2ccccc2O1)C(=O)CCNC. The van der Waals surface area contributed by atoms with Gasteiger partial charge in [0.05, 0.1) is 6.54 Å². The minimum absolute atomic E-state index is 0.106. The van der Waals surface area contributed by atoms with E-state index in [4.69, 9.17) is 9.47 Å². The molecule has 1 amide bonds. The molecule has 0 saturated heterocycles. The molecule has 0 radical (unpaired) electrons. The highest BCUT2D eigenvalue weighted by molar-refractivity contribution is 5.76. The molecule has 0 saturated carbocycles. The van der Waals surface area contributed by atoms with Gasteiger partial charge in [0, 0.05) is 19.5 Å². The van der Waals surface area contributed by atoms with Gasteiger partial charge >= 0.3 is 0 Å². The molecule has 21 heavy (non-hydrogen) atoms. The van der Waals surface area contributed by atoms with Crippen molar-refractivity contribution in [2.75, 3.05) is 33.3 Å². The zero-order valence-electron chi connectivity index (χ0n) is 12.8. The maximum Gasteiger partial charge on any atom is 0.223 e. The molecule has 0 bridgehead atoms. The molecule has 0 aromatic heterocycles. The van der Waals surface area contributed by atoms with Crippen molar-refractivity contribution in [1.82, 2.24) is 10.2 Å². The van der Waals surface area contributed by atoms with Gasteiger partial charge < -0.3 is 19.7 Å². The monoisotopic (exact) mass is 292 g/mol. The number of hydrogen-bond donors (Lipinski definition) is 1. The third-order valence-electron chi connectivity index (χ3n) is 3.43. The average molecular weight is 292 g/mol. The van der Waals surface area contributed by atoms with Crippen molar-refractivity contribution in [3.05, 3.63) is 24.3 Å². The fourth-order valence-electron chi connectivity index (χ4n) is 2.38. The van der Waals surface area contributed by atoms with Crippen LogP contribution in [-0.2, 0) is 4.79 Å². The van der Waals surface area contributed by atoms with E-state index in [0.29, 0.717) is 26.1 Å². The largest absolute Gasteiger partial charge is 0.486 e. The molecule has 0 aliphatic carbocycles. The summed E-state index contributed by atoms with van der Waals surface area (Å²) in [4.78, 5) is 14.1. The summed E-state index contributed by atoms with van der Waals surface area (Å²) in [6.07, 6.45) is 1.35. The Morgan fingerprint density at radius 3 is 2.86 bits per heavy atom. The molecule has 116 valence electrons. The number of carbonyl (C=O) groups is 1. The summed E-state index contributed by atoms with van der Waals surface area (Å²) in [6.45, 7) is 4.58. The third kappa shape index (κ3) is 4.36. The molecule has 0 fully saturated rings. The van der Waals surface area contributed by atoms with Crippen molar-refractivity contribution in [2.45, 2.75) is 25.9 Å². The molecule has 2 rings (SSSR count). The quantitative estimate of drug-likeness (QED) is 0.830. The lowest BCUT2D eigenvalue weighted by Crippen LogP contribution is -2.44. The molecule has 1 aliphatic heterocycles. The highest BCUT2D eigenvalue weighted by atomic mass is 16.6. The van der Waals surface area contributed by atoms with Crippen molar-refractivity contribution in [2.24, 2.45) is 0 Å². The predicted octanol–water partition coefficient (Wildman–Crippen LogP) is 1.67. The Morgan fingerprint density at radius 2 is 2.14 bits per heavy atom. The molecule has 1 unspecified atom stereocenters. The van der Waals surface area contributed by atoms with E-state index in [9.17, 15) is 4.79 Å². The Morgan fingerprint density at radius 1 is 1.38 bits per heavy atom. The van der Waals surface area contributed by atoms with E-state index in [2.05, 4.69) is 12.2 Å². The molecule has 1 N–H and O–H groups in total. The lowest BCUT2D eigenvalue weighted by molar-refractivity contribution is -0.132. The van der Waals surface area contributed by atoms with E-state index in [1.165, 1.54) is 0 Å². The zero-order valence-corrected chi connectivity index (χ0v) is 12.8. The first kappa shape index (κ1) is 15.6. The summed E-state index contributed by atoms with van der Waals surface area (Å²) in [5.41, 5.74) is 0. The lowest BCUT2D eigenvalue weighted by Gasteiger charge is -2.31. The molecule has 1 aromatic rings. The van der Waals surface area contributed by atoms with E-state index < -0.39 is 0 Å². The second kappa shape index (κ2) is 7.88. The number of carbonyl (C=O) groups excluding carboxylic acids is 1. The molecule has 1 aromatic carbocycles. The minimum Gasteiger partial charge on any atom is -0.486 e. The zero-order chi connectivity index (χ0) is 15.1. The van der Waals surface area contributed by atoms with Gasteiger partial charge in [0.2, 0.25) is 5.91 Å². The van der Waals surface area contributed by atoms with Crippen molar-refractivity contribution < 1.29 is 14.3 Å². The number of hydrogen-bond acceptors (Lipinski definition) is 4. The number of nitrogens with one attached hydrogen (secondary N) is 1. The van der Waals surface area contributed by atoms with Crippen LogP contribution in [0.5, 0.6) is 11.5 Å². The number of amides is 1. The molecule has 5 nitrogen and oxygen atoms in total. The first-order chi connectivity index (χ1) is 10.2. The molecule has 1 atom stereocenters. The highest BCUT2D eigenvalue weighted by Gasteiger charge is 2.24. The maximum absolute atomic E-state index is 12.2. The smallest absolute Gasteiger partial charge is 0.223 e. The van der Waals surface area contributed by atoms with E-state index >= 15 is 0 Å². The summed E-state index contributed by atoms with van der Waals surface area (Å²) >= 11 is 0. The van der Waals surface area contributed by atoms with Crippen LogP contribution in [-0.4, -0.2) is 50.2 Å². The Bertz CT molecular complexity index is 465. The van der Waals surface area contributed by atoms with Crippen LogP contribution in [0, 0.1) is 0 Å². The van der Waals surface area contributed by atoms with E-state index in [0.717, 1.165) is 24.5 Å². The standard InChI is InChI=1S/C16H24N2O3/c1-3-10-18(16(19)8-9-17-2)11-13-12-20-14-6-4-5-7-15(14)21-13/h4-7,13,17H,3,8-12H2,1-2H3. The second-order valence-corrected chi connectivity index (χ2v) is 5.19. The molecular formula is C16H24N2O3. The third-order valence-corrected chi connectivity index (χ3v) is 3.43. The predicted molar refractivity (Wildman–Crippen MR) is 81.8 cm³/mol. The first-order valence-corrected chi connectivity index (χ1v) is 7.55. The lowest BCUT2D eigenvalue weighted by atomic mass is 10.2. The van der Waals surface area contributed by atoms with Gasteiger partial charge in [-0.25, -0.2) is 0 Å². The Kier molecular flexibility index (Phi) is 5.87. The van der Waals surface area contributed by atoms with Gasteiger partial charge in [0.25, 0.3) is 0 Å². The van der Waals surface area contributed by atoms with Crippen LogP contribution in [0.2, 0.25) is 0 Å². The molecule has 1 aliphatic rings. The van der Waals surface area contributed by atoms with Gasteiger partial charge in [-0.05, 0) is 25.6 Å². The summed E-state index contributed by atoms with van der Waals surface area (Å²) < 4.78 is 11.6. The van der Waals surface area contributed by atoms with Crippen molar-refractivity contribution in [3.8, 4) is 11.5 Å². The van der Waals surface area contributed by atoms with Crippen LogP contribution >= 0.6 is 0 Å². The maximum atomic E-state index is 12.2. The Hall–Kier alpha value is -1.75. The van der Waals surface area contributed by atoms with Crippen LogP contribution in [0.25, 0.3) is 0 Å². The second-order valence-electron chi connectivity index (χ2n) is 5.19. The van der Waals surface area contributed by atoms with Crippen molar-refractivity contribution in [1.29, 1.82) is 0 Å². The topological polar surface area (TPSA) is 50.8 Å². The number of rotatable bonds is 7. The minimum atomic E-state index is -0.106. The van der Waals surface area contributed by atoms with E-state index in [1.54, 1.807) is 0 Å². The number of benzene rings is 1. The number of fused-ring (bicyclic) bond motifs is 1. The van der Waals surface area contributed by atoms with Gasteiger partial charge in [-0.1, -0.05) is 19.1 Å². The highest BCUT2D eigenvalue weighted by Crippen LogP contribution is 2.31. The van der Waals surface area contributed by atoms with Crippen LogP contribution in [0.3, 0.4) is 0 Å². The Labute approximate surface area is 126 Å². The molecule has 0 spiro atoms. The van der Waals surface area contributed by atoms with Gasteiger partial charge in [0.1, 0.15) is 6.61 Å². The number of nitrogens with zero attached hydrogens (tertiary/aromatic N) is 1. The molecule has 5 heteroatoms. The van der Waals surface area contributed by atoms with Crippen LogP contribution in [0.15, 0.2) is 24.3 Å². The van der Waals surface area contributed by atoms with E-state index in [1.807, 2.05) is 36.2 Å². The van der Waals surface area contributed by atoms with E-state index in [-0.39, 0.29) is 12.0 Å². The van der Waals surface area contributed by atoms with Crippen LogP contribution in [0.4, 0.5) is 0 Å². The number of para-hydroxylation sites is 2. The average Bonchev–Trinajstić information content (AvgIpc) is 2.52. The fraction of sp³-hybridized carbons (Fsp3) is 0.562. The summed E-state index contributed by atoms with van der Waals surface area (Å²) in [6, 6.07) is 7.64. The van der Waals surface area contributed by atoms with Gasteiger partial charge in [-0.2, -0.15) is 0 Å². The van der Waals surface area contributed by atoms with Crippen molar-refractivity contribution >= 4 is 5.91 Å².